The predicted molar refractivity (Wildman–Crippen MR) is 72.3 cm³/mol. The summed E-state index contributed by atoms with van der Waals surface area (Å²) in [5.74, 6) is 3.58. The van der Waals surface area contributed by atoms with Gasteiger partial charge >= 0.3 is 5.97 Å². The third-order valence-corrected chi connectivity index (χ3v) is 5.82. The highest BCUT2D eigenvalue weighted by atomic mass is 16.5. The lowest BCUT2D eigenvalue weighted by atomic mass is 9.77. The molecule has 0 radical (unpaired) electrons. The zero-order valence-electron chi connectivity index (χ0n) is 11.7. The summed E-state index contributed by atoms with van der Waals surface area (Å²) < 4.78 is 5.39. The van der Waals surface area contributed by atoms with Gasteiger partial charge in [0.05, 0.1) is 6.61 Å². The van der Waals surface area contributed by atoms with E-state index >= 15 is 0 Å². The number of aliphatic hydroxyl groups is 1. The lowest BCUT2D eigenvalue weighted by molar-refractivity contribution is -0.141. The van der Waals surface area contributed by atoms with Crippen molar-refractivity contribution in [1.82, 2.24) is 0 Å². The summed E-state index contributed by atoms with van der Waals surface area (Å²) in [7, 11) is 0. The van der Waals surface area contributed by atoms with Crippen LogP contribution in [0.1, 0.15) is 32.6 Å². The predicted octanol–water partition coefficient (Wildman–Crippen LogP) is 2.40. The van der Waals surface area contributed by atoms with Crippen molar-refractivity contribution in [1.29, 1.82) is 0 Å². The van der Waals surface area contributed by atoms with Crippen LogP contribution in [0.5, 0.6) is 0 Å². The number of esters is 1. The molecule has 0 aromatic heterocycles. The molecular formula is C16H24O3. The zero-order valence-corrected chi connectivity index (χ0v) is 11.7. The minimum absolute atomic E-state index is 0.238. The van der Waals surface area contributed by atoms with Crippen molar-refractivity contribution in [3.05, 3.63) is 12.2 Å². The van der Waals surface area contributed by atoms with E-state index in [0.29, 0.717) is 29.9 Å². The highest BCUT2D eigenvalue weighted by molar-refractivity contribution is 5.86. The molecule has 6 unspecified atom stereocenters. The number of carbonyl (C=O) groups is 1. The van der Waals surface area contributed by atoms with E-state index in [1.165, 1.54) is 19.3 Å². The fourth-order valence-electron chi connectivity index (χ4n) is 5.06. The molecule has 3 fully saturated rings. The Kier molecular flexibility index (Phi) is 3.42. The smallest absolute Gasteiger partial charge is 0.333 e. The van der Waals surface area contributed by atoms with Crippen LogP contribution in [-0.4, -0.2) is 24.3 Å². The van der Waals surface area contributed by atoms with E-state index in [1.54, 1.807) is 6.92 Å². The Morgan fingerprint density at radius 3 is 2.74 bits per heavy atom. The van der Waals surface area contributed by atoms with Crippen molar-refractivity contribution in [3.8, 4) is 0 Å². The fraction of sp³-hybridized carbons (Fsp3) is 0.812. The molecule has 3 nitrogen and oxygen atoms in total. The highest BCUT2D eigenvalue weighted by Gasteiger charge is 2.56. The minimum atomic E-state index is -0.289. The molecule has 6 atom stereocenters. The fourth-order valence-corrected chi connectivity index (χ4v) is 5.06. The maximum absolute atomic E-state index is 11.6. The third-order valence-electron chi connectivity index (χ3n) is 5.82. The molecule has 3 aliphatic carbocycles. The van der Waals surface area contributed by atoms with E-state index in [0.717, 1.165) is 24.2 Å². The van der Waals surface area contributed by atoms with Gasteiger partial charge in [-0.15, -0.1) is 0 Å². The topological polar surface area (TPSA) is 46.5 Å². The first-order valence-corrected chi connectivity index (χ1v) is 7.55. The molecule has 106 valence electrons. The number of rotatable bonds is 4. The van der Waals surface area contributed by atoms with Crippen LogP contribution in [0.25, 0.3) is 0 Å². The average Bonchev–Trinajstić information content (AvgIpc) is 3.06. The Labute approximate surface area is 115 Å². The molecule has 2 bridgehead atoms. The van der Waals surface area contributed by atoms with Gasteiger partial charge in [0.1, 0.15) is 0 Å². The van der Waals surface area contributed by atoms with Gasteiger partial charge in [0, 0.05) is 18.1 Å². The van der Waals surface area contributed by atoms with Crippen LogP contribution in [0.15, 0.2) is 12.2 Å². The Bertz CT molecular complexity index is 389. The summed E-state index contributed by atoms with van der Waals surface area (Å²) in [4.78, 5) is 11.6. The van der Waals surface area contributed by atoms with E-state index in [9.17, 15) is 9.90 Å². The molecule has 0 aliphatic heterocycles. The van der Waals surface area contributed by atoms with Crippen molar-refractivity contribution in [2.75, 3.05) is 13.2 Å². The standard InChI is InChI=1S/C16H24O3/c1-9(2)16(18)19-8-14-12(7-17)6-13-10-3-4-11(5-10)15(13)14/h10-15,17H,1,3-8H2,2H3. The summed E-state index contributed by atoms with van der Waals surface area (Å²) in [6.45, 7) is 6.01. The Hall–Kier alpha value is -0.830. The van der Waals surface area contributed by atoms with Crippen LogP contribution in [-0.2, 0) is 9.53 Å². The molecule has 0 aromatic rings. The van der Waals surface area contributed by atoms with Crippen molar-refractivity contribution in [2.24, 2.45) is 35.5 Å². The molecule has 3 saturated carbocycles. The monoisotopic (exact) mass is 264 g/mol. The normalized spacial score (nSPS) is 43.3. The number of hydrogen-bond donors (Lipinski definition) is 1. The van der Waals surface area contributed by atoms with E-state index in [2.05, 4.69) is 6.58 Å². The average molecular weight is 264 g/mol. The molecular weight excluding hydrogens is 240 g/mol. The second-order valence-electron chi connectivity index (χ2n) is 6.80. The third kappa shape index (κ3) is 2.12. The van der Waals surface area contributed by atoms with E-state index < -0.39 is 0 Å². The molecule has 0 heterocycles. The van der Waals surface area contributed by atoms with Gasteiger partial charge in [-0.3, -0.25) is 0 Å². The second-order valence-corrected chi connectivity index (χ2v) is 6.80. The van der Waals surface area contributed by atoms with Gasteiger partial charge in [0.2, 0.25) is 0 Å². The molecule has 0 saturated heterocycles. The molecule has 3 aliphatic rings. The van der Waals surface area contributed by atoms with Gasteiger partial charge < -0.3 is 9.84 Å². The number of fused-ring (bicyclic) bond motifs is 5. The zero-order chi connectivity index (χ0) is 13.6. The molecule has 3 heteroatoms. The summed E-state index contributed by atoms with van der Waals surface area (Å²) >= 11 is 0. The molecule has 0 amide bonds. The summed E-state index contributed by atoms with van der Waals surface area (Å²) in [5, 5.41) is 9.60. The molecule has 19 heavy (non-hydrogen) atoms. The maximum atomic E-state index is 11.6. The van der Waals surface area contributed by atoms with Gasteiger partial charge in [0.15, 0.2) is 0 Å². The largest absolute Gasteiger partial charge is 0.462 e. The first-order valence-electron chi connectivity index (χ1n) is 7.55. The van der Waals surface area contributed by atoms with Crippen LogP contribution >= 0.6 is 0 Å². The lowest BCUT2D eigenvalue weighted by Gasteiger charge is -2.29. The Morgan fingerprint density at radius 2 is 2.05 bits per heavy atom. The minimum Gasteiger partial charge on any atom is -0.462 e. The van der Waals surface area contributed by atoms with Gasteiger partial charge in [-0.2, -0.15) is 0 Å². The number of carbonyl (C=O) groups excluding carboxylic acids is 1. The summed E-state index contributed by atoms with van der Waals surface area (Å²) in [6, 6.07) is 0. The van der Waals surface area contributed by atoms with Gasteiger partial charge in [-0.05, 0) is 62.2 Å². The maximum Gasteiger partial charge on any atom is 0.333 e. The lowest BCUT2D eigenvalue weighted by Crippen LogP contribution is -2.29. The highest BCUT2D eigenvalue weighted by Crippen LogP contribution is 2.62. The number of ether oxygens (including phenoxy) is 1. The molecule has 1 N–H and O–H groups in total. The van der Waals surface area contributed by atoms with Crippen LogP contribution < -0.4 is 0 Å². The van der Waals surface area contributed by atoms with Crippen molar-refractivity contribution >= 4 is 5.97 Å². The molecule has 0 aromatic carbocycles. The van der Waals surface area contributed by atoms with Crippen LogP contribution in [0, 0.1) is 35.5 Å². The van der Waals surface area contributed by atoms with Crippen molar-refractivity contribution in [3.63, 3.8) is 0 Å². The Balaban J connectivity index is 1.68. The Morgan fingerprint density at radius 1 is 1.32 bits per heavy atom. The number of hydrogen-bond acceptors (Lipinski definition) is 3. The summed E-state index contributed by atoms with van der Waals surface area (Å²) in [6.07, 6.45) is 5.23. The van der Waals surface area contributed by atoms with Crippen molar-refractivity contribution in [2.45, 2.75) is 32.6 Å². The van der Waals surface area contributed by atoms with E-state index in [1.807, 2.05) is 0 Å². The SMILES string of the molecule is C=C(C)C(=O)OCC1C(CO)CC2C3CCC(C3)C12. The quantitative estimate of drug-likeness (QED) is 0.626. The van der Waals surface area contributed by atoms with E-state index in [-0.39, 0.29) is 12.6 Å². The molecule has 0 spiro atoms. The first kappa shape index (κ1) is 13.2. The second kappa shape index (κ2) is 4.93. The summed E-state index contributed by atoms with van der Waals surface area (Å²) in [5.41, 5.74) is 0.461. The van der Waals surface area contributed by atoms with E-state index in [4.69, 9.17) is 4.74 Å². The van der Waals surface area contributed by atoms with Gasteiger partial charge in [-0.25, -0.2) is 4.79 Å². The van der Waals surface area contributed by atoms with Crippen LogP contribution in [0.3, 0.4) is 0 Å². The first-order chi connectivity index (χ1) is 9.11. The van der Waals surface area contributed by atoms with Crippen LogP contribution in [0.4, 0.5) is 0 Å². The van der Waals surface area contributed by atoms with Gasteiger partial charge in [0.25, 0.3) is 0 Å². The molecule has 3 rings (SSSR count). The number of aliphatic hydroxyl groups excluding tert-OH is 1. The van der Waals surface area contributed by atoms with Crippen LogP contribution in [0.2, 0.25) is 0 Å². The van der Waals surface area contributed by atoms with Gasteiger partial charge in [-0.1, -0.05) is 6.58 Å². The van der Waals surface area contributed by atoms with Crippen molar-refractivity contribution < 1.29 is 14.6 Å².